The molecule has 1 unspecified atom stereocenters. The van der Waals surface area contributed by atoms with Crippen LogP contribution in [0.25, 0.3) is 5.57 Å². The smallest absolute Gasteiger partial charge is 0.416 e. The summed E-state index contributed by atoms with van der Waals surface area (Å²) in [6, 6.07) is 8.76. The highest BCUT2D eigenvalue weighted by atomic mass is 19.4. The molecule has 4 rings (SSSR count). The minimum atomic E-state index is -4.45. The molecule has 2 aliphatic rings. The van der Waals surface area contributed by atoms with Crippen LogP contribution in [0.3, 0.4) is 0 Å². The highest BCUT2D eigenvalue weighted by molar-refractivity contribution is 6.05. The number of halogens is 3. The summed E-state index contributed by atoms with van der Waals surface area (Å²) in [5.74, 6) is -0.220. The molecule has 29 heavy (non-hydrogen) atoms. The van der Waals surface area contributed by atoms with Crippen molar-refractivity contribution in [2.75, 3.05) is 11.9 Å². The van der Waals surface area contributed by atoms with Gasteiger partial charge in [0.15, 0.2) is 0 Å². The fraction of sp³-hybridized carbons (Fsp3) is 0.318. The van der Waals surface area contributed by atoms with Crippen molar-refractivity contribution in [3.8, 4) is 5.75 Å². The number of allylic oxidation sites excluding steroid dienone is 1. The van der Waals surface area contributed by atoms with E-state index in [1.54, 1.807) is 12.1 Å². The molecule has 1 aliphatic carbocycles. The number of rotatable bonds is 2. The number of aliphatic hydroxyl groups excluding tert-OH is 1. The Balaban J connectivity index is 1.61. The van der Waals surface area contributed by atoms with E-state index in [0.717, 1.165) is 23.3 Å². The average Bonchev–Trinajstić information content (AvgIpc) is 2.94. The molecule has 152 valence electrons. The summed E-state index contributed by atoms with van der Waals surface area (Å²) in [6.07, 6.45) is -1.13. The van der Waals surface area contributed by atoms with Crippen LogP contribution in [-0.4, -0.2) is 17.6 Å². The average molecular weight is 403 g/mol. The molecule has 4 nitrogen and oxygen atoms in total. The molecular formula is C22H20F3NO3. The number of benzene rings is 2. The summed E-state index contributed by atoms with van der Waals surface area (Å²) in [5, 5.41) is 12.9. The lowest BCUT2D eigenvalue weighted by molar-refractivity contribution is -0.137. The number of anilines is 1. The monoisotopic (exact) mass is 403 g/mol. The van der Waals surface area contributed by atoms with E-state index in [1.807, 2.05) is 6.07 Å². The van der Waals surface area contributed by atoms with Crippen molar-refractivity contribution >= 4 is 17.2 Å². The predicted octanol–water partition coefficient (Wildman–Crippen LogP) is 4.88. The van der Waals surface area contributed by atoms with E-state index in [2.05, 4.69) is 5.32 Å². The van der Waals surface area contributed by atoms with Crippen molar-refractivity contribution in [3.05, 3.63) is 64.7 Å². The van der Waals surface area contributed by atoms with Gasteiger partial charge in [0.05, 0.1) is 18.3 Å². The standard InChI is InChI=1S/C22H20F3NO3/c23-22(24,25)14-6-7-15-13(3-2-10-29-20(15)12-14)11-21(28)26-18-5-1-4-17-16(18)8-9-19(17)27/h1,4-7,11-12,19,27H,2-3,8-10H2,(H,26,28). The first-order chi connectivity index (χ1) is 13.8. The number of amides is 1. The lowest BCUT2D eigenvalue weighted by Gasteiger charge is -2.13. The number of carbonyl (C=O) groups excluding carboxylic acids is 1. The Labute approximate surface area is 166 Å². The number of nitrogens with one attached hydrogen (secondary N) is 1. The fourth-order valence-corrected chi connectivity index (χ4v) is 3.89. The molecule has 1 aliphatic heterocycles. The van der Waals surface area contributed by atoms with E-state index in [-0.39, 0.29) is 18.3 Å². The van der Waals surface area contributed by atoms with E-state index < -0.39 is 17.8 Å². The van der Waals surface area contributed by atoms with Gasteiger partial charge in [-0.15, -0.1) is 0 Å². The van der Waals surface area contributed by atoms with Crippen LogP contribution in [0.2, 0.25) is 0 Å². The second kappa shape index (κ2) is 7.55. The van der Waals surface area contributed by atoms with Crippen molar-refractivity contribution in [1.82, 2.24) is 0 Å². The number of hydrogen-bond donors (Lipinski definition) is 2. The molecule has 0 bridgehead atoms. The third-order valence-electron chi connectivity index (χ3n) is 5.31. The first-order valence-corrected chi connectivity index (χ1v) is 9.49. The largest absolute Gasteiger partial charge is 0.493 e. The van der Waals surface area contributed by atoms with E-state index in [9.17, 15) is 23.1 Å². The molecule has 1 atom stereocenters. The van der Waals surface area contributed by atoms with Gasteiger partial charge in [0.2, 0.25) is 5.91 Å². The van der Waals surface area contributed by atoms with Crippen molar-refractivity contribution in [3.63, 3.8) is 0 Å². The summed E-state index contributed by atoms with van der Waals surface area (Å²) in [5.41, 5.74) is 2.75. The van der Waals surface area contributed by atoms with Gasteiger partial charge in [-0.1, -0.05) is 18.2 Å². The van der Waals surface area contributed by atoms with E-state index in [4.69, 9.17) is 4.74 Å². The van der Waals surface area contributed by atoms with Crippen molar-refractivity contribution in [2.24, 2.45) is 0 Å². The molecule has 0 spiro atoms. The SMILES string of the molecule is O=C(C=C1CCCOc2cc(C(F)(F)F)ccc21)Nc1cccc2c1CCC2O. The highest BCUT2D eigenvalue weighted by Crippen LogP contribution is 2.38. The maximum Gasteiger partial charge on any atom is 0.416 e. The molecule has 2 aromatic rings. The second-order valence-corrected chi connectivity index (χ2v) is 7.25. The molecule has 0 aromatic heterocycles. The van der Waals surface area contributed by atoms with Crippen LogP contribution in [0.4, 0.5) is 18.9 Å². The highest BCUT2D eigenvalue weighted by Gasteiger charge is 2.32. The Morgan fingerprint density at radius 1 is 1.21 bits per heavy atom. The molecule has 1 amide bonds. The van der Waals surface area contributed by atoms with Gasteiger partial charge in [0.1, 0.15) is 5.75 Å². The van der Waals surface area contributed by atoms with Crippen LogP contribution < -0.4 is 10.1 Å². The zero-order chi connectivity index (χ0) is 20.6. The van der Waals surface area contributed by atoms with Gasteiger partial charge >= 0.3 is 6.18 Å². The third-order valence-corrected chi connectivity index (χ3v) is 5.31. The first-order valence-electron chi connectivity index (χ1n) is 9.49. The second-order valence-electron chi connectivity index (χ2n) is 7.25. The number of aliphatic hydroxyl groups is 1. The lowest BCUT2D eigenvalue weighted by atomic mass is 9.99. The third kappa shape index (κ3) is 4.00. The number of fused-ring (bicyclic) bond motifs is 2. The van der Waals surface area contributed by atoms with Crippen LogP contribution in [0.15, 0.2) is 42.5 Å². The van der Waals surface area contributed by atoms with Crippen LogP contribution in [0, 0.1) is 0 Å². The topological polar surface area (TPSA) is 58.6 Å². The Kier molecular flexibility index (Phi) is 5.08. The summed E-state index contributed by atoms with van der Waals surface area (Å²) in [4.78, 5) is 12.6. The molecule has 0 saturated heterocycles. The molecule has 7 heteroatoms. The van der Waals surface area contributed by atoms with Crippen LogP contribution in [-0.2, 0) is 17.4 Å². The van der Waals surface area contributed by atoms with Gasteiger partial charge < -0.3 is 15.2 Å². The van der Waals surface area contributed by atoms with E-state index >= 15 is 0 Å². The normalized spacial score (nSPS) is 19.9. The van der Waals surface area contributed by atoms with Gasteiger partial charge in [-0.3, -0.25) is 4.79 Å². The Hall–Kier alpha value is -2.80. The molecular weight excluding hydrogens is 383 g/mol. The number of ether oxygens (including phenoxy) is 1. The zero-order valence-electron chi connectivity index (χ0n) is 15.6. The van der Waals surface area contributed by atoms with Gasteiger partial charge in [0, 0.05) is 17.3 Å². The van der Waals surface area contributed by atoms with Gasteiger partial charge in [-0.05, 0) is 60.6 Å². The zero-order valence-corrected chi connectivity index (χ0v) is 15.6. The summed E-state index contributed by atoms with van der Waals surface area (Å²) in [7, 11) is 0. The van der Waals surface area contributed by atoms with Gasteiger partial charge in [-0.25, -0.2) is 0 Å². The first kappa shape index (κ1) is 19.5. The Bertz CT molecular complexity index is 982. The van der Waals surface area contributed by atoms with Crippen LogP contribution >= 0.6 is 0 Å². The summed E-state index contributed by atoms with van der Waals surface area (Å²) < 4.78 is 44.5. The molecule has 2 aromatic carbocycles. The molecule has 0 saturated carbocycles. The summed E-state index contributed by atoms with van der Waals surface area (Å²) >= 11 is 0. The van der Waals surface area contributed by atoms with Gasteiger partial charge in [-0.2, -0.15) is 13.2 Å². The number of hydrogen-bond acceptors (Lipinski definition) is 3. The van der Waals surface area contributed by atoms with Crippen molar-refractivity contribution in [2.45, 2.75) is 38.0 Å². The maximum atomic E-state index is 13.0. The van der Waals surface area contributed by atoms with Crippen molar-refractivity contribution in [1.29, 1.82) is 0 Å². The molecule has 2 N–H and O–H groups in total. The van der Waals surface area contributed by atoms with Crippen LogP contribution in [0.1, 0.15) is 47.6 Å². The van der Waals surface area contributed by atoms with Crippen LogP contribution in [0.5, 0.6) is 5.75 Å². The predicted molar refractivity (Wildman–Crippen MR) is 103 cm³/mol. The lowest BCUT2D eigenvalue weighted by Crippen LogP contribution is -2.11. The number of carbonyl (C=O) groups is 1. The van der Waals surface area contributed by atoms with E-state index in [1.165, 1.54) is 12.1 Å². The quantitative estimate of drug-likeness (QED) is 0.703. The molecule has 1 heterocycles. The minimum Gasteiger partial charge on any atom is -0.493 e. The summed E-state index contributed by atoms with van der Waals surface area (Å²) in [6.45, 7) is 0.289. The van der Waals surface area contributed by atoms with Gasteiger partial charge in [0.25, 0.3) is 0 Å². The number of alkyl halides is 3. The maximum absolute atomic E-state index is 13.0. The Morgan fingerprint density at radius 2 is 2.03 bits per heavy atom. The minimum absolute atomic E-state index is 0.139. The Morgan fingerprint density at radius 3 is 2.83 bits per heavy atom. The van der Waals surface area contributed by atoms with Crippen molar-refractivity contribution < 1.29 is 27.8 Å². The fourth-order valence-electron chi connectivity index (χ4n) is 3.89. The molecule has 0 radical (unpaired) electrons. The van der Waals surface area contributed by atoms with E-state index in [0.29, 0.717) is 42.5 Å². The molecule has 0 fully saturated rings.